The van der Waals surface area contributed by atoms with Crippen molar-refractivity contribution in [1.82, 2.24) is 0 Å². The second kappa shape index (κ2) is 4.87. The Kier molecular flexibility index (Phi) is 3.41. The first kappa shape index (κ1) is 13.3. The van der Waals surface area contributed by atoms with E-state index in [2.05, 4.69) is 6.07 Å². The number of hydrogen-bond acceptors (Lipinski definition) is 3. The van der Waals surface area contributed by atoms with Crippen LogP contribution in [0.4, 0.5) is 0 Å². The summed E-state index contributed by atoms with van der Waals surface area (Å²) >= 11 is 1.31. The number of nitrogens with zero attached hydrogens (tertiary/aromatic N) is 1. The molecule has 0 atom stereocenters. The van der Waals surface area contributed by atoms with Crippen molar-refractivity contribution < 1.29 is 4.79 Å². The highest BCUT2D eigenvalue weighted by Gasteiger charge is 2.19. The molecule has 0 aliphatic heterocycles. The van der Waals surface area contributed by atoms with E-state index in [0.29, 0.717) is 10.4 Å². The molecule has 1 aromatic carbocycles. The fourth-order valence-electron chi connectivity index (χ4n) is 2.27. The van der Waals surface area contributed by atoms with E-state index in [1.165, 1.54) is 11.3 Å². The summed E-state index contributed by atoms with van der Waals surface area (Å²) in [6, 6.07) is 6.14. The van der Waals surface area contributed by atoms with Gasteiger partial charge in [0.05, 0.1) is 10.4 Å². The van der Waals surface area contributed by atoms with Crippen LogP contribution in [0.1, 0.15) is 31.9 Å². The lowest BCUT2D eigenvalue weighted by Crippen LogP contribution is -2.10. The van der Waals surface area contributed by atoms with Crippen LogP contribution in [-0.4, -0.2) is 5.91 Å². The van der Waals surface area contributed by atoms with Gasteiger partial charge in [0.2, 0.25) is 0 Å². The predicted molar refractivity (Wildman–Crippen MR) is 77.2 cm³/mol. The average molecular weight is 270 g/mol. The molecule has 4 heteroatoms. The van der Waals surface area contributed by atoms with Crippen LogP contribution in [0.15, 0.2) is 17.5 Å². The largest absolute Gasteiger partial charge is 0.365 e. The van der Waals surface area contributed by atoms with Gasteiger partial charge in [-0.3, -0.25) is 4.79 Å². The van der Waals surface area contributed by atoms with E-state index in [1.807, 2.05) is 38.3 Å². The summed E-state index contributed by atoms with van der Waals surface area (Å²) in [6.45, 7) is 5.85. The van der Waals surface area contributed by atoms with Crippen molar-refractivity contribution in [3.05, 3.63) is 44.6 Å². The summed E-state index contributed by atoms with van der Waals surface area (Å²) < 4.78 is 0. The molecule has 19 heavy (non-hydrogen) atoms. The number of benzene rings is 1. The molecule has 2 aromatic rings. The Morgan fingerprint density at radius 2 is 2.00 bits per heavy atom. The Morgan fingerprint density at radius 3 is 2.58 bits per heavy atom. The first-order valence-electron chi connectivity index (χ1n) is 5.86. The minimum Gasteiger partial charge on any atom is -0.365 e. The van der Waals surface area contributed by atoms with Gasteiger partial charge >= 0.3 is 0 Å². The second-order valence-corrected chi connectivity index (χ2v) is 5.44. The molecule has 0 radical (unpaired) electrons. The first-order chi connectivity index (χ1) is 8.97. The molecule has 0 bridgehead atoms. The van der Waals surface area contributed by atoms with Gasteiger partial charge in [-0.05, 0) is 48.9 Å². The lowest BCUT2D eigenvalue weighted by molar-refractivity contribution is 0.100. The zero-order valence-corrected chi connectivity index (χ0v) is 11.9. The Hall–Kier alpha value is -2.12. The van der Waals surface area contributed by atoms with Gasteiger partial charge in [-0.1, -0.05) is 6.07 Å². The van der Waals surface area contributed by atoms with Gasteiger partial charge in [0.15, 0.2) is 0 Å². The molecular formula is C15H14N2OS. The summed E-state index contributed by atoms with van der Waals surface area (Å²) in [5, 5.41) is 11.2. The number of carbonyl (C=O) groups is 1. The molecule has 2 N–H and O–H groups in total. The zero-order valence-electron chi connectivity index (χ0n) is 11.1. The summed E-state index contributed by atoms with van der Waals surface area (Å²) in [7, 11) is 0. The third-order valence-electron chi connectivity index (χ3n) is 3.31. The van der Waals surface area contributed by atoms with Gasteiger partial charge in [-0.15, -0.1) is 11.3 Å². The van der Waals surface area contributed by atoms with Gasteiger partial charge in [-0.25, -0.2) is 0 Å². The minimum absolute atomic E-state index is 0.452. The van der Waals surface area contributed by atoms with Crippen LogP contribution in [0.2, 0.25) is 0 Å². The van der Waals surface area contributed by atoms with Gasteiger partial charge in [0.25, 0.3) is 5.91 Å². The van der Waals surface area contributed by atoms with Crippen LogP contribution >= 0.6 is 11.3 Å². The van der Waals surface area contributed by atoms with Crippen LogP contribution in [0, 0.1) is 32.1 Å². The normalized spacial score (nSPS) is 10.2. The predicted octanol–water partition coefficient (Wildman–Crippen LogP) is 3.31. The molecule has 96 valence electrons. The molecule has 0 spiro atoms. The summed E-state index contributed by atoms with van der Waals surface area (Å²) in [4.78, 5) is 12.0. The fraction of sp³-hybridized carbons (Fsp3) is 0.200. The van der Waals surface area contributed by atoms with Gasteiger partial charge in [-0.2, -0.15) is 5.26 Å². The van der Waals surface area contributed by atoms with Crippen molar-refractivity contribution in [2.45, 2.75) is 20.8 Å². The standard InChI is InChI=1S/C15H14N2OS/c1-8-6-9(2)13(12(7-16)10(8)3)11-4-5-19-14(11)15(17)18/h4-6H,1-3H3,(H2,17,18). The third kappa shape index (κ3) is 2.13. The average Bonchev–Trinajstić information content (AvgIpc) is 2.82. The van der Waals surface area contributed by atoms with Crippen molar-refractivity contribution in [3.63, 3.8) is 0 Å². The molecular weight excluding hydrogens is 256 g/mol. The highest BCUT2D eigenvalue weighted by molar-refractivity contribution is 7.12. The number of nitrogens with two attached hydrogens (primary N) is 1. The number of amides is 1. The van der Waals surface area contributed by atoms with Crippen LogP contribution in [0.3, 0.4) is 0 Å². The molecule has 1 heterocycles. The lowest BCUT2D eigenvalue weighted by Gasteiger charge is -2.13. The molecule has 1 amide bonds. The smallest absolute Gasteiger partial charge is 0.259 e. The van der Waals surface area contributed by atoms with Gasteiger partial charge < -0.3 is 5.73 Å². The second-order valence-electron chi connectivity index (χ2n) is 4.52. The first-order valence-corrected chi connectivity index (χ1v) is 6.74. The number of rotatable bonds is 2. The third-order valence-corrected chi connectivity index (χ3v) is 4.24. The maximum Gasteiger partial charge on any atom is 0.259 e. The Morgan fingerprint density at radius 1 is 1.32 bits per heavy atom. The van der Waals surface area contributed by atoms with Gasteiger partial charge in [0.1, 0.15) is 6.07 Å². The molecule has 0 aliphatic rings. The maximum atomic E-state index is 11.5. The molecule has 0 unspecified atom stereocenters. The number of aryl methyl sites for hydroxylation is 2. The van der Waals surface area contributed by atoms with E-state index in [1.54, 1.807) is 0 Å². The van der Waals surface area contributed by atoms with Crippen molar-refractivity contribution >= 4 is 17.2 Å². The number of primary amides is 1. The van der Waals surface area contributed by atoms with Crippen LogP contribution < -0.4 is 5.73 Å². The molecule has 0 saturated heterocycles. The highest BCUT2D eigenvalue weighted by Crippen LogP contribution is 2.35. The Balaban J connectivity index is 2.83. The van der Waals surface area contributed by atoms with E-state index in [4.69, 9.17) is 5.73 Å². The van der Waals surface area contributed by atoms with E-state index < -0.39 is 5.91 Å². The number of thiophene rings is 1. The van der Waals surface area contributed by atoms with Crippen molar-refractivity contribution in [2.24, 2.45) is 5.73 Å². The Bertz CT molecular complexity index is 708. The SMILES string of the molecule is Cc1cc(C)c(-c2ccsc2C(N)=O)c(C#N)c1C. The Labute approximate surface area is 116 Å². The lowest BCUT2D eigenvalue weighted by atomic mass is 9.90. The molecule has 0 saturated carbocycles. The topological polar surface area (TPSA) is 66.9 Å². The van der Waals surface area contributed by atoms with Crippen molar-refractivity contribution in [3.8, 4) is 17.2 Å². The van der Waals surface area contributed by atoms with Crippen LogP contribution in [-0.2, 0) is 0 Å². The van der Waals surface area contributed by atoms with Crippen molar-refractivity contribution in [2.75, 3.05) is 0 Å². The summed E-state index contributed by atoms with van der Waals surface area (Å²) in [5.74, 6) is -0.452. The number of hydrogen-bond donors (Lipinski definition) is 1. The van der Waals surface area contributed by atoms with Gasteiger partial charge in [0, 0.05) is 11.1 Å². The van der Waals surface area contributed by atoms with E-state index in [0.717, 1.165) is 27.8 Å². The van der Waals surface area contributed by atoms with E-state index in [9.17, 15) is 10.1 Å². The fourth-order valence-corrected chi connectivity index (χ4v) is 3.02. The van der Waals surface area contributed by atoms with E-state index in [-0.39, 0.29) is 0 Å². The van der Waals surface area contributed by atoms with E-state index >= 15 is 0 Å². The maximum absolute atomic E-state index is 11.5. The van der Waals surface area contributed by atoms with Crippen molar-refractivity contribution in [1.29, 1.82) is 5.26 Å². The molecule has 3 nitrogen and oxygen atoms in total. The molecule has 0 aliphatic carbocycles. The molecule has 1 aromatic heterocycles. The number of carbonyl (C=O) groups excluding carboxylic acids is 1. The van der Waals surface area contributed by atoms with Crippen LogP contribution in [0.5, 0.6) is 0 Å². The quantitative estimate of drug-likeness (QED) is 0.909. The van der Waals surface area contributed by atoms with Crippen LogP contribution in [0.25, 0.3) is 11.1 Å². The zero-order chi connectivity index (χ0) is 14.2. The molecule has 0 fully saturated rings. The summed E-state index contributed by atoms with van der Waals surface area (Å²) in [5.41, 5.74) is 10.6. The number of nitriles is 1. The minimum atomic E-state index is -0.452. The molecule has 2 rings (SSSR count). The monoisotopic (exact) mass is 270 g/mol. The summed E-state index contributed by atoms with van der Waals surface area (Å²) in [6.07, 6.45) is 0. The highest BCUT2D eigenvalue weighted by atomic mass is 32.1.